The summed E-state index contributed by atoms with van der Waals surface area (Å²) >= 11 is 0. The number of benzene rings is 2. The van der Waals surface area contributed by atoms with E-state index in [-0.39, 0.29) is 18.5 Å². The molecule has 21 heavy (non-hydrogen) atoms. The van der Waals surface area contributed by atoms with Crippen molar-refractivity contribution in [3.63, 3.8) is 0 Å². The molecule has 2 aromatic rings. The summed E-state index contributed by atoms with van der Waals surface area (Å²) in [6.45, 7) is 0.233. The van der Waals surface area contributed by atoms with Gasteiger partial charge in [-0.15, -0.1) is 0 Å². The Morgan fingerprint density at radius 3 is 2.62 bits per heavy atom. The Labute approximate surface area is 121 Å². The standard InChI is InChI=1S/C16H14N2O3/c19-11-8-14-15(20)18(16(21)17(14)9-11)13-7-3-5-10-4-1-2-6-12(10)13/h1-7,11,14,19H,8-9H2/t11-,14-/m1/s1. The molecule has 2 fully saturated rings. The zero-order valence-corrected chi connectivity index (χ0v) is 11.3. The van der Waals surface area contributed by atoms with Crippen LogP contribution in [-0.4, -0.2) is 40.6 Å². The Kier molecular flexibility index (Phi) is 2.53. The summed E-state index contributed by atoms with van der Waals surface area (Å²) in [5, 5.41) is 11.5. The number of rotatable bonds is 1. The van der Waals surface area contributed by atoms with Gasteiger partial charge >= 0.3 is 6.03 Å². The van der Waals surface area contributed by atoms with Crippen molar-refractivity contribution in [2.45, 2.75) is 18.6 Å². The lowest BCUT2D eigenvalue weighted by Crippen LogP contribution is -2.35. The van der Waals surface area contributed by atoms with Crippen molar-refractivity contribution in [2.24, 2.45) is 0 Å². The van der Waals surface area contributed by atoms with Crippen LogP contribution in [0.1, 0.15) is 6.42 Å². The Hall–Kier alpha value is -2.40. The van der Waals surface area contributed by atoms with Crippen LogP contribution < -0.4 is 4.90 Å². The van der Waals surface area contributed by atoms with E-state index < -0.39 is 12.1 Å². The van der Waals surface area contributed by atoms with Gasteiger partial charge < -0.3 is 10.0 Å². The molecule has 2 heterocycles. The van der Waals surface area contributed by atoms with Gasteiger partial charge in [-0.1, -0.05) is 36.4 Å². The monoisotopic (exact) mass is 282 g/mol. The lowest BCUT2D eigenvalue weighted by Gasteiger charge is -2.18. The smallest absolute Gasteiger partial charge is 0.332 e. The van der Waals surface area contributed by atoms with Gasteiger partial charge in [0, 0.05) is 18.4 Å². The minimum Gasteiger partial charge on any atom is -0.391 e. The average Bonchev–Trinajstić information content (AvgIpc) is 2.98. The second-order valence-corrected chi connectivity index (χ2v) is 5.51. The van der Waals surface area contributed by atoms with Crippen molar-refractivity contribution in [2.75, 3.05) is 11.4 Å². The number of anilines is 1. The summed E-state index contributed by atoms with van der Waals surface area (Å²) in [6, 6.07) is 12.4. The third kappa shape index (κ3) is 1.67. The van der Waals surface area contributed by atoms with Crippen LogP contribution in [-0.2, 0) is 4.79 Å². The van der Waals surface area contributed by atoms with Crippen molar-refractivity contribution in [3.05, 3.63) is 42.5 Å². The first-order chi connectivity index (χ1) is 10.2. The van der Waals surface area contributed by atoms with Crippen molar-refractivity contribution >= 4 is 28.4 Å². The Morgan fingerprint density at radius 1 is 1.05 bits per heavy atom. The number of nitrogens with zero attached hydrogens (tertiary/aromatic N) is 2. The first-order valence-electron chi connectivity index (χ1n) is 6.97. The summed E-state index contributed by atoms with van der Waals surface area (Å²) in [5.74, 6) is -0.243. The molecule has 1 N–H and O–H groups in total. The number of imide groups is 1. The molecule has 2 aliphatic rings. The van der Waals surface area contributed by atoms with Gasteiger partial charge in [-0.25, -0.2) is 9.69 Å². The molecule has 2 aliphatic heterocycles. The minimum atomic E-state index is -0.599. The van der Waals surface area contributed by atoms with Gasteiger partial charge in [0.1, 0.15) is 6.04 Å². The molecule has 0 unspecified atom stereocenters. The van der Waals surface area contributed by atoms with Crippen LogP contribution in [0.15, 0.2) is 42.5 Å². The summed E-state index contributed by atoms with van der Waals surface area (Å²) in [6.07, 6.45) is -0.274. The van der Waals surface area contributed by atoms with Gasteiger partial charge in [-0.05, 0) is 11.5 Å². The Bertz CT molecular complexity index is 729. The second kappa shape index (κ2) is 4.30. The van der Waals surface area contributed by atoms with Gasteiger partial charge in [-0.2, -0.15) is 0 Å². The molecule has 106 valence electrons. The van der Waals surface area contributed by atoms with Crippen LogP contribution in [0, 0.1) is 0 Å². The Morgan fingerprint density at radius 2 is 1.81 bits per heavy atom. The minimum absolute atomic E-state index is 0.233. The zero-order chi connectivity index (χ0) is 14.6. The zero-order valence-electron chi connectivity index (χ0n) is 11.3. The van der Waals surface area contributed by atoms with Crippen LogP contribution in [0.4, 0.5) is 10.5 Å². The molecule has 0 saturated carbocycles. The normalized spacial score (nSPS) is 25.0. The molecule has 0 aromatic heterocycles. The van der Waals surface area contributed by atoms with E-state index in [0.29, 0.717) is 12.1 Å². The fourth-order valence-corrected chi connectivity index (χ4v) is 3.26. The maximum Gasteiger partial charge on any atom is 0.332 e. The number of carbonyl (C=O) groups is 2. The van der Waals surface area contributed by atoms with Crippen LogP contribution in [0.25, 0.3) is 10.8 Å². The topological polar surface area (TPSA) is 60.9 Å². The molecule has 0 aliphatic carbocycles. The van der Waals surface area contributed by atoms with E-state index in [2.05, 4.69) is 0 Å². The van der Waals surface area contributed by atoms with Crippen molar-refractivity contribution < 1.29 is 14.7 Å². The molecular weight excluding hydrogens is 268 g/mol. The van der Waals surface area contributed by atoms with Gasteiger partial charge in [0.25, 0.3) is 5.91 Å². The maximum absolute atomic E-state index is 12.5. The van der Waals surface area contributed by atoms with E-state index in [9.17, 15) is 14.7 Å². The third-order valence-electron chi connectivity index (χ3n) is 4.23. The van der Waals surface area contributed by atoms with Crippen LogP contribution in [0.5, 0.6) is 0 Å². The predicted molar refractivity (Wildman–Crippen MR) is 77.9 cm³/mol. The molecule has 0 bridgehead atoms. The van der Waals surface area contributed by atoms with Crippen molar-refractivity contribution in [1.29, 1.82) is 0 Å². The number of amides is 3. The average molecular weight is 282 g/mol. The van der Waals surface area contributed by atoms with Crippen molar-refractivity contribution in [1.82, 2.24) is 4.90 Å². The molecule has 5 heteroatoms. The maximum atomic E-state index is 12.5. The van der Waals surface area contributed by atoms with Gasteiger partial charge in [0.05, 0.1) is 11.8 Å². The number of urea groups is 1. The second-order valence-electron chi connectivity index (χ2n) is 5.51. The molecule has 2 aromatic carbocycles. The van der Waals surface area contributed by atoms with Crippen LogP contribution in [0.3, 0.4) is 0 Å². The van der Waals surface area contributed by atoms with Gasteiger partial charge in [0.15, 0.2) is 0 Å². The third-order valence-corrected chi connectivity index (χ3v) is 4.23. The van der Waals surface area contributed by atoms with Crippen LogP contribution in [0.2, 0.25) is 0 Å². The van der Waals surface area contributed by atoms with E-state index in [1.54, 1.807) is 6.07 Å². The largest absolute Gasteiger partial charge is 0.391 e. The fraction of sp³-hybridized carbons (Fsp3) is 0.250. The van der Waals surface area contributed by atoms with Gasteiger partial charge in [-0.3, -0.25) is 4.79 Å². The predicted octanol–water partition coefficient (Wildman–Crippen LogP) is 1.74. The number of carbonyl (C=O) groups excluding carboxylic acids is 2. The number of aliphatic hydroxyl groups excluding tert-OH is 1. The summed E-state index contributed by atoms with van der Waals surface area (Å²) < 4.78 is 0. The highest BCUT2D eigenvalue weighted by atomic mass is 16.3. The molecular formula is C16H14N2O3. The molecule has 2 atom stereocenters. The highest BCUT2D eigenvalue weighted by molar-refractivity contribution is 6.24. The fourth-order valence-electron chi connectivity index (χ4n) is 3.26. The lowest BCUT2D eigenvalue weighted by molar-refractivity contribution is -0.119. The molecule has 0 spiro atoms. The summed E-state index contributed by atoms with van der Waals surface area (Å²) in [7, 11) is 0. The van der Waals surface area contributed by atoms with Crippen molar-refractivity contribution in [3.8, 4) is 0 Å². The molecule has 5 nitrogen and oxygen atoms in total. The molecule has 4 rings (SSSR count). The number of fused-ring (bicyclic) bond motifs is 2. The SMILES string of the molecule is O=C1[C@H]2C[C@@H](O)CN2C(=O)N1c1cccc2ccccc12. The highest BCUT2D eigenvalue weighted by Crippen LogP contribution is 2.35. The van der Waals surface area contributed by atoms with E-state index in [4.69, 9.17) is 0 Å². The first-order valence-corrected chi connectivity index (χ1v) is 6.97. The lowest BCUT2D eigenvalue weighted by atomic mass is 10.1. The number of hydrogen-bond donors (Lipinski definition) is 1. The van der Waals surface area contributed by atoms with E-state index in [1.807, 2.05) is 36.4 Å². The molecule has 0 radical (unpaired) electrons. The Balaban J connectivity index is 1.83. The number of hydrogen-bond acceptors (Lipinski definition) is 3. The van der Waals surface area contributed by atoms with Crippen LogP contribution >= 0.6 is 0 Å². The molecule has 3 amide bonds. The van der Waals surface area contributed by atoms with E-state index in [1.165, 1.54) is 9.80 Å². The highest BCUT2D eigenvalue weighted by Gasteiger charge is 2.50. The number of aliphatic hydroxyl groups is 1. The quantitative estimate of drug-likeness (QED) is 0.810. The first kappa shape index (κ1) is 12.3. The van der Waals surface area contributed by atoms with Gasteiger partial charge in [0.2, 0.25) is 0 Å². The molecule has 2 saturated heterocycles. The van der Waals surface area contributed by atoms with E-state index >= 15 is 0 Å². The van der Waals surface area contributed by atoms with E-state index in [0.717, 1.165) is 10.8 Å². The summed E-state index contributed by atoms with van der Waals surface area (Å²) in [5.41, 5.74) is 0.618. The summed E-state index contributed by atoms with van der Waals surface area (Å²) in [4.78, 5) is 27.8.